The van der Waals surface area contributed by atoms with Crippen molar-refractivity contribution in [3.05, 3.63) is 140 Å². The predicted molar refractivity (Wildman–Crippen MR) is 328 cm³/mol. The van der Waals surface area contributed by atoms with Crippen molar-refractivity contribution in [1.29, 1.82) is 0 Å². The van der Waals surface area contributed by atoms with Crippen molar-refractivity contribution in [2.75, 3.05) is 139 Å². The molecule has 0 saturated carbocycles. The smallest absolute Gasteiger partial charge is 0.247 e. The Morgan fingerprint density at radius 3 is 1.35 bits per heavy atom. The zero-order valence-electron chi connectivity index (χ0n) is 47.5. The molecule has 0 bridgehead atoms. The van der Waals surface area contributed by atoms with Gasteiger partial charge in [-0.05, 0) is 54.6 Å². The Morgan fingerprint density at radius 1 is 0.585 bits per heavy atom. The molecule has 436 valence electrons. The highest BCUT2D eigenvalue weighted by molar-refractivity contribution is 6.39. The molecule has 2 saturated heterocycles. The molecule has 2 aliphatic heterocycles. The third kappa shape index (κ3) is 15.3. The fourth-order valence-electron chi connectivity index (χ4n) is 9.50. The summed E-state index contributed by atoms with van der Waals surface area (Å²) in [7, 11) is 9.20. The fourth-order valence-corrected chi connectivity index (χ4v) is 10.8. The molecule has 6 aromatic rings. The van der Waals surface area contributed by atoms with Crippen LogP contribution in [0.3, 0.4) is 0 Å². The van der Waals surface area contributed by atoms with Gasteiger partial charge in [0.15, 0.2) is 0 Å². The number of nitrogens with two attached hydrogens (primary N) is 1. The van der Waals surface area contributed by atoms with E-state index in [0.717, 1.165) is 93.6 Å². The van der Waals surface area contributed by atoms with Crippen molar-refractivity contribution in [2.24, 2.45) is 0 Å². The lowest BCUT2D eigenvalue weighted by atomic mass is 10.0. The Morgan fingerprint density at radius 2 is 0.976 bits per heavy atom. The van der Waals surface area contributed by atoms with E-state index in [0.29, 0.717) is 75.7 Å². The average Bonchev–Trinajstić information content (AvgIpc) is 3.69. The summed E-state index contributed by atoms with van der Waals surface area (Å²) in [4.78, 5) is 68.7. The highest BCUT2D eigenvalue weighted by Crippen LogP contribution is 2.42. The second-order valence-electron chi connectivity index (χ2n) is 19.4. The molecule has 8 rings (SSSR count). The van der Waals surface area contributed by atoms with E-state index in [1.165, 1.54) is 57.0 Å². The van der Waals surface area contributed by atoms with E-state index in [4.69, 9.17) is 71.1 Å². The van der Waals surface area contributed by atoms with Crippen molar-refractivity contribution >= 4 is 98.5 Å². The van der Waals surface area contributed by atoms with Crippen LogP contribution in [0.25, 0.3) is 0 Å². The van der Waals surface area contributed by atoms with Crippen LogP contribution in [0, 0.1) is 0 Å². The van der Waals surface area contributed by atoms with Crippen molar-refractivity contribution in [3.63, 3.8) is 0 Å². The van der Waals surface area contributed by atoms with E-state index in [1.54, 1.807) is 38.4 Å². The first-order chi connectivity index (χ1) is 39.4. The number of benzene rings is 4. The number of nitrogens with one attached hydrogen (secondary N) is 1. The van der Waals surface area contributed by atoms with Crippen LogP contribution < -0.4 is 49.6 Å². The second-order valence-corrected chi connectivity index (χ2v) is 20.9. The van der Waals surface area contributed by atoms with Gasteiger partial charge in [-0.15, -0.1) is 0 Å². The van der Waals surface area contributed by atoms with E-state index in [9.17, 15) is 14.4 Å². The highest BCUT2D eigenvalue weighted by atomic mass is 35.5. The molecule has 2 aliphatic rings. The van der Waals surface area contributed by atoms with Gasteiger partial charge in [-0.25, -0.2) is 19.9 Å². The number of aromatic nitrogens is 4. The summed E-state index contributed by atoms with van der Waals surface area (Å²) in [5.74, 6) is 1.46. The molecular weight excluding hydrogens is 1130 g/mol. The zero-order chi connectivity index (χ0) is 59.2. The molecule has 0 spiro atoms. The van der Waals surface area contributed by atoms with Crippen LogP contribution >= 0.6 is 46.4 Å². The molecule has 3 N–H and O–H groups in total. The summed E-state index contributed by atoms with van der Waals surface area (Å²) in [6, 6.07) is 18.9. The molecule has 0 unspecified atom stereocenters. The Hall–Kier alpha value is -7.13. The number of carbonyl (C=O) groups is 3. The fraction of sp³-hybridized carbons (Fsp3) is 0.373. The lowest BCUT2D eigenvalue weighted by Gasteiger charge is -2.35. The number of ether oxygens (including phenoxy) is 4. The van der Waals surface area contributed by atoms with Gasteiger partial charge >= 0.3 is 0 Å². The molecule has 2 aromatic heterocycles. The maximum absolute atomic E-state index is 13.3. The summed E-state index contributed by atoms with van der Waals surface area (Å²) >= 11 is 25.9. The van der Waals surface area contributed by atoms with Gasteiger partial charge in [0.25, 0.3) is 0 Å². The molecule has 3 amide bonds. The largest absolute Gasteiger partial charge is 0.495 e. The molecule has 0 aliphatic carbocycles. The number of likely N-dealkylation sites (N-methyl/N-ethyl adjacent to an activating group) is 4. The number of rotatable bonds is 20. The van der Waals surface area contributed by atoms with Crippen molar-refractivity contribution in [1.82, 2.24) is 29.7 Å². The van der Waals surface area contributed by atoms with Gasteiger partial charge in [0.2, 0.25) is 17.7 Å². The maximum Gasteiger partial charge on any atom is 0.247 e. The van der Waals surface area contributed by atoms with Gasteiger partial charge in [0.05, 0.1) is 72.8 Å². The number of hydrogen-bond donors (Lipinski definition) is 2. The zero-order valence-corrected chi connectivity index (χ0v) is 50.6. The first-order valence-electron chi connectivity index (χ1n) is 26.7. The topological polar surface area (TPSA) is 197 Å². The third-order valence-corrected chi connectivity index (χ3v) is 16.3. The minimum Gasteiger partial charge on any atom is -0.495 e. The van der Waals surface area contributed by atoms with Crippen molar-refractivity contribution in [3.8, 4) is 23.0 Å². The van der Waals surface area contributed by atoms with E-state index >= 15 is 0 Å². The van der Waals surface area contributed by atoms with E-state index in [2.05, 4.69) is 77.4 Å². The van der Waals surface area contributed by atoms with E-state index in [-0.39, 0.29) is 50.7 Å². The van der Waals surface area contributed by atoms with Crippen molar-refractivity contribution < 1.29 is 33.3 Å². The predicted octanol–water partition coefficient (Wildman–Crippen LogP) is 9.18. The van der Waals surface area contributed by atoms with Crippen LogP contribution in [0.2, 0.25) is 20.1 Å². The first-order valence-corrected chi connectivity index (χ1v) is 28.2. The number of carbonyl (C=O) groups excluding carboxylic acids is 3. The Bertz CT molecular complexity index is 3190. The number of methoxy groups -OCH3 is 4. The van der Waals surface area contributed by atoms with E-state index in [1.807, 2.05) is 24.3 Å². The Labute approximate surface area is 499 Å². The first kappa shape index (κ1) is 62.5. The lowest BCUT2D eigenvalue weighted by Crippen LogP contribution is -2.46. The summed E-state index contributed by atoms with van der Waals surface area (Å²) in [5, 5.41) is 3.95. The molecule has 19 nitrogen and oxygen atoms in total. The van der Waals surface area contributed by atoms with Crippen LogP contribution in [0.1, 0.15) is 47.5 Å². The summed E-state index contributed by atoms with van der Waals surface area (Å²) in [5.41, 5.74) is 14.1. The van der Waals surface area contributed by atoms with Crippen LogP contribution in [0.5, 0.6) is 23.0 Å². The monoisotopic (exact) mass is 1200 g/mol. The third-order valence-electron chi connectivity index (χ3n) is 14.6. The van der Waals surface area contributed by atoms with Crippen LogP contribution in [-0.4, -0.2) is 155 Å². The maximum atomic E-state index is 13.3. The Balaban J connectivity index is 0.000000237. The standard InChI is InChI=1S/C31H36Cl2N6O4.C28H34Cl2N6O3/c1-6-28(40)36-24-16-22(39-12-10-38(7-2)11-13-39)9-8-20(24)14-21-15-27(35-19-34-21)37(3)29(41)17-23-30(32)25(42-4)18-26(43-5)31(23)33;1-5-35-8-10-36(11-9-35)20-7-6-18(22(31)14-20)12-19-13-25(33-17-32-19)34(2)26(37)15-21-27(29)23(38-3)16-24(39-4)28(21)30/h6,8-9,15-16,18-19H,1,7,10-14,17H2,2-5H3,(H,36,40);6-7,13-14,16-17H,5,8-12,15,31H2,1-4H3. The number of halogens is 4. The molecule has 4 heterocycles. The molecule has 2 fully saturated rings. The SMILES string of the molecule is C=CC(=O)Nc1cc(N2CCN(CC)CC2)ccc1Cc1cc(N(C)C(=O)Cc2c(Cl)c(OC)cc(OC)c2Cl)ncn1.CCN1CCN(c2ccc(Cc3cc(N(C)C(=O)Cc4c(Cl)c(OC)cc(OC)c4Cl)ncn3)c(N)c2)CC1. The minimum atomic E-state index is -0.297. The van der Waals surface area contributed by atoms with Gasteiger partial charge in [-0.3, -0.25) is 24.2 Å². The van der Waals surface area contributed by atoms with Gasteiger partial charge in [-0.1, -0.05) is 79.0 Å². The summed E-state index contributed by atoms with van der Waals surface area (Å²) in [6.45, 7) is 18.0. The molecule has 0 radical (unpaired) electrons. The van der Waals surface area contributed by atoms with Gasteiger partial charge in [-0.2, -0.15) is 0 Å². The number of piperazine rings is 2. The summed E-state index contributed by atoms with van der Waals surface area (Å²) < 4.78 is 21.3. The van der Waals surface area contributed by atoms with Crippen LogP contribution in [-0.2, 0) is 40.1 Å². The summed E-state index contributed by atoms with van der Waals surface area (Å²) in [6.07, 6.45) is 4.84. The highest BCUT2D eigenvalue weighted by Gasteiger charge is 2.26. The van der Waals surface area contributed by atoms with Gasteiger partial charge in [0, 0.05) is 137 Å². The number of anilines is 6. The number of amides is 3. The van der Waals surface area contributed by atoms with Crippen molar-refractivity contribution in [2.45, 2.75) is 39.5 Å². The van der Waals surface area contributed by atoms with Gasteiger partial charge < -0.3 is 49.6 Å². The van der Waals surface area contributed by atoms with Crippen LogP contribution in [0.15, 0.2) is 86.0 Å². The average molecular weight is 1200 g/mol. The van der Waals surface area contributed by atoms with Crippen LogP contribution in [0.4, 0.5) is 34.4 Å². The number of nitrogens with zero attached hydrogens (tertiary/aromatic N) is 10. The normalized spacial score (nSPS) is 13.6. The molecule has 82 heavy (non-hydrogen) atoms. The lowest BCUT2D eigenvalue weighted by molar-refractivity contribution is -0.118. The second kappa shape index (κ2) is 29.2. The quantitative estimate of drug-likeness (QED) is 0.0542. The molecule has 4 aromatic carbocycles. The van der Waals surface area contributed by atoms with Gasteiger partial charge in [0.1, 0.15) is 47.3 Å². The van der Waals surface area contributed by atoms with E-state index < -0.39 is 0 Å². The number of hydrogen-bond acceptors (Lipinski definition) is 16. The number of nitrogen functional groups attached to an aromatic ring is 1. The molecule has 23 heteroatoms. The Kier molecular flexibility index (Phi) is 22.3. The minimum absolute atomic E-state index is 0.0675. The molecular formula is C59H70Cl4N12O7. The molecule has 0 atom stereocenters.